The number of aromatic nitrogens is 4. The zero-order valence-corrected chi connectivity index (χ0v) is 14.5. The summed E-state index contributed by atoms with van der Waals surface area (Å²) in [5.41, 5.74) is 10.1. The third-order valence-corrected chi connectivity index (χ3v) is 4.90. The molecule has 2 aliphatic rings. The number of nitrogens with one attached hydrogen (secondary N) is 2. The van der Waals surface area contributed by atoms with Gasteiger partial charge in [-0.25, -0.2) is 30.7 Å². The van der Waals surface area contributed by atoms with E-state index in [0.29, 0.717) is 17.9 Å². The lowest BCUT2D eigenvalue weighted by molar-refractivity contribution is -0.0235. The molecule has 4 heterocycles. The molecule has 0 unspecified atom stereocenters. The Kier molecular flexibility index (Phi) is 3.65. The van der Waals surface area contributed by atoms with Gasteiger partial charge in [0, 0.05) is 61.0 Å². The van der Waals surface area contributed by atoms with Crippen LogP contribution in [0.5, 0.6) is 0 Å². The lowest BCUT2D eigenvalue weighted by Crippen LogP contribution is -2.55. The van der Waals surface area contributed by atoms with Crippen molar-refractivity contribution in [3.8, 4) is 11.1 Å². The Balaban J connectivity index is 1.31. The highest BCUT2D eigenvalue weighted by Crippen LogP contribution is 2.28. The largest absolute Gasteiger partial charge is 0.378 e. The number of rotatable bonds is 5. The Bertz CT molecular complexity index is 954. The summed E-state index contributed by atoms with van der Waals surface area (Å²) in [6.07, 6.45) is 16.2. The Hall–Kier alpha value is -2.84. The van der Waals surface area contributed by atoms with Crippen molar-refractivity contribution in [2.24, 2.45) is 0 Å². The van der Waals surface area contributed by atoms with E-state index in [1.807, 2.05) is 52.1 Å². The zero-order chi connectivity index (χ0) is 17.5. The minimum absolute atomic E-state index is 0.394. The molecule has 0 spiro atoms. The first-order valence-electron chi connectivity index (χ1n) is 8.92. The van der Waals surface area contributed by atoms with Gasteiger partial charge in [-0.15, -0.1) is 0 Å². The molecule has 0 radical (unpaired) electrons. The third-order valence-electron chi connectivity index (χ3n) is 4.90. The van der Waals surface area contributed by atoms with E-state index >= 15 is 0 Å². The molecule has 0 saturated heterocycles. The van der Waals surface area contributed by atoms with Gasteiger partial charge in [0.25, 0.3) is 0 Å². The average Bonchev–Trinajstić information content (AvgIpc) is 3.25. The van der Waals surface area contributed by atoms with E-state index in [0.717, 1.165) is 36.3 Å². The fourth-order valence-corrected chi connectivity index (χ4v) is 3.51. The maximum atomic E-state index is 5.62. The topological polar surface area (TPSA) is 71.6 Å². The van der Waals surface area contributed by atoms with Gasteiger partial charge in [0.2, 0.25) is 5.78 Å². The van der Waals surface area contributed by atoms with Crippen LogP contribution in [-0.2, 0) is 4.74 Å². The number of ether oxygens (including phenoxy) is 1. The number of hydrazine groups is 2. The van der Waals surface area contributed by atoms with E-state index in [1.165, 1.54) is 0 Å². The van der Waals surface area contributed by atoms with E-state index in [4.69, 9.17) is 4.74 Å². The molecule has 3 aromatic heterocycles. The third kappa shape index (κ3) is 2.63. The van der Waals surface area contributed by atoms with E-state index < -0.39 is 0 Å². The smallest absolute Gasteiger partial charge is 0.233 e. The Labute approximate surface area is 151 Å². The first-order chi connectivity index (χ1) is 12.8. The van der Waals surface area contributed by atoms with Crippen molar-refractivity contribution in [3.05, 3.63) is 48.9 Å². The van der Waals surface area contributed by atoms with Gasteiger partial charge in [-0.2, -0.15) is 0 Å². The molecule has 0 aromatic carbocycles. The molecule has 2 N–H and O–H groups in total. The summed E-state index contributed by atoms with van der Waals surface area (Å²) in [5.74, 6) is 0.705. The summed E-state index contributed by atoms with van der Waals surface area (Å²) in [7, 11) is 0. The molecule has 8 nitrogen and oxygen atoms in total. The van der Waals surface area contributed by atoms with Crippen LogP contribution in [0.15, 0.2) is 43.3 Å². The highest BCUT2D eigenvalue weighted by Gasteiger charge is 2.31. The first kappa shape index (κ1) is 15.4. The number of hydrogen-bond acceptors (Lipinski definition) is 6. The fourth-order valence-electron chi connectivity index (χ4n) is 3.51. The van der Waals surface area contributed by atoms with Crippen LogP contribution in [0.4, 0.5) is 0 Å². The second-order valence-corrected chi connectivity index (χ2v) is 6.62. The van der Waals surface area contributed by atoms with Crippen molar-refractivity contribution >= 4 is 11.9 Å². The minimum Gasteiger partial charge on any atom is -0.378 e. The van der Waals surface area contributed by atoms with E-state index in [2.05, 4.69) is 33.1 Å². The lowest BCUT2D eigenvalue weighted by Gasteiger charge is -2.39. The molecule has 0 amide bonds. The Morgan fingerprint density at radius 2 is 2.23 bits per heavy atom. The van der Waals surface area contributed by atoms with Gasteiger partial charge < -0.3 is 4.74 Å². The Morgan fingerprint density at radius 1 is 1.31 bits per heavy atom. The second kappa shape index (κ2) is 6.15. The van der Waals surface area contributed by atoms with Crippen LogP contribution >= 0.6 is 0 Å². The highest BCUT2D eigenvalue weighted by atomic mass is 16.5. The normalized spacial score (nSPS) is 21.5. The molecule has 8 heteroatoms. The summed E-state index contributed by atoms with van der Waals surface area (Å²) in [4.78, 5) is 8.60. The molecule has 0 atom stereocenters. The molecule has 1 aliphatic carbocycles. The van der Waals surface area contributed by atoms with Crippen LogP contribution in [0.25, 0.3) is 23.0 Å². The van der Waals surface area contributed by atoms with Gasteiger partial charge in [-0.1, -0.05) is 0 Å². The SMILES string of the molecule is CCO[C@H]1C[C@@H](NN2C=Cc3c(-c4cnc5nccn5c4)ccn3N2)C1. The van der Waals surface area contributed by atoms with Crippen LogP contribution in [0.1, 0.15) is 25.5 Å². The number of hydrogen-bond donors (Lipinski definition) is 2. The van der Waals surface area contributed by atoms with Crippen LogP contribution in [-0.4, -0.2) is 42.9 Å². The van der Waals surface area contributed by atoms with Crippen molar-refractivity contribution in [2.45, 2.75) is 31.9 Å². The molecule has 134 valence electrons. The summed E-state index contributed by atoms with van der Waals surface area (Å²) in [5, 5.41) is 1.90. The predicted molar refractivity (Wildman–Crippen MR) is 98.2 cm³/mol. The number of fused-ring (bicyclic) bond motifs is 2. The van der Waals surface area contributed by atoms with Gasteiger partial charge in [-0.3, -0.25) is 4.40 Å². The first-order valence-corrected chi connectivity index (χ1v) is 8.92. The van der Waals surface area contributed by atoms with Crippen molar-refractivity contribution in [1.82, 2.24) is 29.6 Å². The molecule has 26 heavy (non-hydrogen) atoms. The van der Waals surface area contributed by atoms with Crippen LogP contribution in [0.2, 0.25) is 0 Å². The van der Waals surface area contributed by atoms with Gasteiger partial charge in [0.1, 0.15) is 0 Å². The molecule has 3 aromatic rings. The summed E-state index contributed by atoms with van der Waals surface area (Å²) in [6, 6.07) is 2.53. The van der Waals surface area contributed by atoms with Crippen molar-refractivity contribution < 1.29 is 4.74 Å². The standard InChI is InChI=1S/C18H21N7O/c1-2-26-15-9-14(10-15)21-25-7-4-17-16(3-6-24(17)22-25)13-11-20-18-19-5-8-23(18)12-13/h3-8,11-12,14-15,21-22H,2,9-10H2,1H3/t14-,15+. The predicted octanol–water partition coefficient (Wildman–Crippen LogP) is 2.01. The van der Waals surface area contributed by atoms with Gasteiger partial charge in [0.15, 0.2) is 0 Å². The van der Waals surface area contributed by atoms with Gasteiger partial charge in [0.05, 0.1) is 11.8 Å². The second-order valence-electron chi connectivity index (χ2n) is 6.62. The number of nitrogens with zero attached hydrogens (tertiary/aromatic N) is 5. The maximum Gasteiger partial charge on any atom is 0.233 e. The molecule has 1 aliphatic heterocycles. The molecule has 5 rings (SSSR count). The zero-order valence-electron chi connectivity index (χ0n) is 14.5. The van der Waals surface area contributed by atoms with E-state index in [1.54, 1.807) is 6.20 Å². The van der Waals surface area contributed by atoms with Crippen LogP contribution in [0, 0.1) is 0 Å². The Morgan fingerprint density at radius 3 is 3.12 bits per heavy atom. The van der Waals surface area contributed by atoms with Crippen molar-refractivity contribution in [1.29, 1.82) is 0 Å². The van der Waals surface area contributed by atoms with Gasteiger partial charge >= 0.3 is 0 Å². The van der Waals surface area contributed by atoms with E-state index in [-0.39, 0.29) is 0 Å². The fraction of sp³-hybridized carbons (Fsp3) is 0.333. The molecular formula is C18H21N7O. The van der Waals surface area contributed by atoms with Crippen molar-refractivity contribution in [3.63, 3.8) is 0 Å². The number of imidazole rings is 1. The molecule has 1 fully saturated rings. The summed E-state index contributed by atoms with van der Waals surface area (Å²) in [6.45, 7) is 2.83. The highest BCUT2D eigenvalue weighted by molar-refractivity contribution is 5.74. The molecule has 0 bridgehead atoms. The molecule has 1 saturated carbocycles. The quantitative estimate of drug-likeness (QED) is 0.733. The maximum absolute atomic E-state index is 5.62. The van der Waals surface area contributed by atoms with Crippen molar-refractivity contribution in [2.75, 3.05) is 12.1 Å². The van der Waals surface area contributed by atoms with Crippen LogP contribution < -0.4 is 11.0 Å². The minimum atomic E-state index is 0.394. The van der Waals surface area contributed by atoms with Gasteiger partial charge in [-0.05, 0) is 31.9 Å². The average molecular weight is 351 g/mol. The lowest BCUT2D eigenvalue weighted by atomic mass is 9.90. The summed E-state index contributed by atoms with van der Waals surface area (Å²) < 4.78 is 9.54. The van der Waals surface area contributed by atoms with Crippen LogP contribution in [0.3, 0.4) is 0 Å². The molecular weight excluding hydrogens is 330 g/mol. The monoisotopic (exact) mass is 351 g/mol. The van der Waals surface area contributed by atoms with E-state index in [9.17, 15) is 0 Å². The summed E-state index contributed by atoms with van der Waals surface area (Å²) >= 11 is 0.